The fourth-order valence-corrected chi connectivity index (χ4v) is 5.95. The molecule has 1 saturated heterocycles. The highest BCUT2D eigenvalue weighted by molar-refractivity contribution is 7.81. The summed E-state index contributed by atoms with van der Waals surface area (Å²) in [6.07, 6.45) is 3.29. The molecule has 3 atom stereocenters. The largest absolute Gasteiger partial charge is 0.497 e. The zero-order valence-corrected chi connectivity index (χ0v) is 25.4. The molecule has 43 heavy (non-hydrogen) atoms. The second-order valence-corrected chi connectivity index (χ2v) is 11.4. The van der Waals surface area contributed by atoms with E-state index < -0.39 is 11.3 Å². The minimum Gasteiger partial charge on any atom is -0.497 e. The molecule has 3 N–H and O–H groups in total. The second kappa shape index (κ2) is 13.4. The van der Waals surface area contributed by atoms with Gasteiger partial charge in [-0.05, 0) is 57.0 Å². The zero-order valence-electron chi connectivity index (χ0n) is 24.6. The van der Waals surface area contributed by atoms with E-state index in [-0.39, 0.29) is 24.1 Å². The summed E-state index contributed by atoms with van der Waals surface area (Å²) in [6, 6.07) is 19.9. The molecule has 226 valence electrons. The lowest BCUT2D eigenvalue weighted by molar-refractivity contribution is -0.118. The Morgan fingerprint density at radius 3 is 2.23 bits per heavy atom. The molecular weight excluding hydrogens is 568 g/mol. The molecule has 0 spiro atoms. The van der Waals surface area contributed by atoms with Gasteiger partial charge in [0.1, 0.15) is 11.5 Å². The number of carbonyl (C=O) groups is 1. The number of likely N-dealkylation sites (tertiary alicyclic amines) is 1. The van der Waals surface area contributed by atoms with Crippen molar-refractivity contribution in [2.75, 3.05) is 35.7 Å². The number of piperidine rings is 1. The minimum absolute atomic E-state index is 0.112. The molecule has 1 aliphatic rings. The van der Waals surface area contributed by atoms with Crippen LogP contribution in [0.5, 0.6) is 11.5 Å². The van der Waals surface area contributed by atoms with Crippen LogP contribution in [0.15, 0.2) is 66.7 Å². The average molecular weight is 605 g/mol. The molecule has 11 nitrogen and oxygen atoms in total. The van der Waals surface area contributed by atoms with Crippen LogP contribution in [0.25, 0.3) is 11.0 Å². The van der Waals surface area contributed by atoms with E-state index in [9.17, 15) is 13.6 Å². The maximum absolute atomic E-state index is 13.0. The Bertz CT molecular complexity index is 1600. The van der Waals surface area contributed by atoms with Crippen LogP contribution in [0, 0.1) is 0 Å². The van der Waals surface area contributed by atoms with Crippen LogP contribution in [0.1, 0.15) is 33.1 Å². The highest BCUT2D eigenvalue weighted by Gasteiger charge is 2.27. The third kappa shape index (κ3) is 7.04. The van der Waals surface area contributed by atoms with Crippen LogP contribution in [-0.2, 0) is 16.1 Å². The zero-order chi connectivity index (χ0) is 30.5. The van der Waals surface area contributed by atoms with Gasteiger partial charge in [0.25, 0.3) is 11.3 Å². The number of nitrogens with one attached hydrogen (secondary N) is 2. The van der Waals surface area contributed by atoms with Crippen molar-refractivity contribution in [2.45, 2.75) is 45.2 Å². The van der Waals surface area contributed by atoms with E-state index in [1.165, 1.54) is 0 Å². The summed E-state index contributed by atoms with van der Waals surface area (Å²) in [6.45, 7) is 4.57. The van der Waals surface area contributed by atoms with E-state index in [0.29, 0.717) is 51.7 Å². The molecule has 1 aromatic heterocycles. The Hall–Kier alpha value is -4.26. The standard InChI is InChI=1S/C31H36N6O5S/c1-20-9-7-10-21(2)36(20)19-29(38)32-22-11-8-12-24(15-22)37(43(39)40)31-30(34-27-13-5-6-14-28(27)35-31)33-23-16-25(41-3)18-26(17-23)42-4/h5-6,8,11-18,20-21H,7,9-10,19H2,1-4H3,(H,32,38)(H,33,34)(H,39,40). The summed E-state index contributed by atoms with van der Waals surface area (Å²) in [7, 11) is 3.10. The molecule has 1 fully saturated rings. The molecule has 0 radical (unpaired) electrons. The van der Waals surface area contributed by atoms with Crippen LogP contribution in [0.2, 0.25) is 0 Å². The number of amides is 1. The van der Waals surface area contributed by atoms with Gasteiger partial charge in [-0.1, -0.05) is 24.6 Å². The number of fused-ring (bicyclic) bond motifs is 1. The highest BCUT2D eigenvalue weighted by atomic mass is 32.2. The van der Waals surface area contributed by atoms with E-state index in [1.807, 2.05) is 18.2 Å². The number of carbonyl (C=O) groups excluding carboxylic acids is 1. The summed E-state index contributed by atoms with van der Waals surface area (Å²) in [5.74, 6) is 1.31. The predicted octanol–water partition coefficient (Wildman–Crippen LogP) is 5.87. The highest BCUT2D eigenvalue weighted by Crippen LogP contribution is 2.36. The monoisotopic (exact) mass is 604 g/mol. The van der Waals surface area contributed by atoms with Crippen molar-refractivity contribution in [3.63, 3.8) is 0 Å². The van der Waals surface area contributed by atoms with Crippen molar-refractivity contribution in [1.82, 2.24) is 14.9 Å². The van der Waals surface area contributed by atoms with Gasteiger partial charge in [-0.25, -0.2) is 18.5 Å². The van der Waals surface area contributed by atoms with Crippen LogP contribution in [0.4, 0.5) is 28.7 Å². The lowest BCUT2D eigenvalue weighted by atomic mass is 9.97. The van der Waals surface area contributed by atoms with Gasteiger partial charge in [0.05, 0.1) is 37.5 Å². The first-order chi connectivity index (χ1) is 20.7. The summed E-state index contributed by atoms with van der Waals surface area (Å²) < 4.78 is 35.4. The minimum atomic E-state index is -2.54. The number of hydrogen-bond donors (Lipinski definition) is 3. The molecular formula is C31H36N6O5S. The molecule has 0 bridgehead atoms. The van der Waals surface area contributed by atoms with Crippen molar-refractivity contribution < 1.29 is 23.0 Å². The fourth-order valence-electron chi connectivity index (χ4n) is 5.38. The SMILES string of the molecule is COc1cc(Nc2nc3ccccc3nc2N(c2cccc(NC(=O)CN3C(C)CCCC3C)c2)S(=O)O)cc(OC)c1. The van der Waals surface area contributed by atoms with E-state index >= 15 is 0 Å². The number of benzene rings is 3. The van der Waals surface area contributed by atoms with Gasteiger partial charge >= 0.3 is 0 Å². The first-order valence-corrected chi connectivity index (χ1v) is 15.2. The van der Waals surface area contributed by atoms with Crippen molar-refractivity contribution in [1.29, 1.82) is 0 Å². The number of para-hydroxylation sites is 2. The number of aromatic nitrogens is 2. The topological polar surface area (TPSA) is 129 Å². The van der Waals surface area contributed by atoms with Gasteiger partial charge in [0.15, 0.2) is 11.6 Å². The second-order valence-electron chi connectivity index (χ2n) is 10.5. The Morgan fingerprint density at radius 1 is 0.953 bits per heavy atom. The molecule has 2 heterocycles. The molecule has 1 aliphatic heterocycles. The molecule has 4 aromatic rings. The molecule has 5 rings (SSSR count). The third-order valence-electron chi connectivity index (χ3n) is 7.58. The number of anilines is 5. The van der Waals surface area contributed by atoms with Crippen molar-refractivity contribution in [3.8, 4) is 11.5 Å². The normalized spacial score (nSPS) is 17.7. The third-order valence-corrected chi connectivity index (χ3v) is 8.28. The van der Waals surface area contributed by atoms with Crippen LogP contribution in [0.3, 0.4) is 0 Å². The van der Waals surface area contributed by atoms with Crippen LogP contribution in [-0.4, -0.2) is 62.4 Å². The summed E-state index contributed by atoms with van der Waals surface area (Å²) >= 11 is -2.54. The molecule has 0 saturated carbocycles. The fraction of sp³-hybridized carbons (Fsp3) is 0.323. The van der Waals surface area contributed by atoms with Gasteiger partial charge in [-0.15, -0.1) is 0 Å². The maximum atomic E-state index is 13.0. The Labute approximate surface area is 253 Å². The Balaban J connectivity index is 1.49. The quantitative estimate of drug-likeness (QED) is 0.190. The number of hydrogen-bond acceptors (Lipinski definition) is 8. The molecule has 3 aromatic carbocycles. The molecule has 0 aliphatic carbocycles. The first kappa shape index (κ1) is 30.2. The lowest BCUT2D eigenvalue weighted by Crippen LogP contribution is -2.47. The van der Waals surface area contributed by atoms with Crippen LogP contribution >= 0.6 is 0 Å². The lowest BCUT2D eigenvalue weighted by Gasteiger charge is -2.38. The number of rotatable bonds is 10. The van der Waals surface area contributed by atoms with Gasteiger partial charge in [-0.3, -0.25) is 14.2 Å². The molecule has 3 unspecified atom stereocenters. The van der Waals surface area contributed by atoms with Gasteiger partial charge in [-0.2, -0.15) is 0 Å². The Morgan fingerprint density at radius 2 is 1.60 bits per heavy atom. The van der Waals surface area contributed by atoms with Crippen LogP contribution < -0.4 is 24.4 Å². The summed E-state index contributed by atoms with van der Waals surface area (Å²) in [4.78, 5) is 24.7. The number of methoxy groups -OCH3 is 2. The van der Waals surface area contributed by atoms with E-state index in [2.05, 4.69) is 29.4 Å². The predicted molar refractivity (Wildman–Crippen MR) is 170 cm³/mol. The van der Waals surface area contributed by atoms with E-state index in [4.69, 9.17) is 19.4 Å². The summed E-state index contributed by atoms with van der Waals surface area (Å²) in [5, 5.41) is 6.18. The van der Waals surface area contributed by atoms with Gasteiger partial charge in [0.2, 0.25) is 5.91 Å². The number of nitrogens with zero attached hydrogens (tertiary/aromatic N) is 4. The maximum Gasteiger partial charge on any atom is 0.268 e. The van der Waals surface area contributed by atoms with E-state index in [0.717, 1.165) is 23.6 Å². The van der Waals surface area contributed by atoms with Gasteiger partial charge < -0.3 is 20.1 Å². The number of ether oxygens (including phenoxy) is 2. The van der Waals surface area contributed by atoms with Crippen molar-refractivity contribution in [2.24, 2.45) is 0 Å². The molecule has 12 heteroatoms. The average Bonchev–Trinajstić information content (AvgIpc) is 2.99. The van der Waals surface area contributed by atoms with Crippen molar-refractivity contribution >= 4 is 56.9 Å². The van der Waals surface area contributed by atoms with Crippen molar-refractivity contribution in [3.05, 3.63) is 66.7 Å². The smallest absolute Gasteiger partial charge is 0.268 e. The van der Waals surface area contributed by atoms with Gasteiger partial charge in [0, 0.05) is 41.7 Å². The van der Waals surface area contributed by atoms with E-state index in [1.54, 1.807) is 62.8 Å². The Kier molecular flexibility index (Phi) is 9.39. The molecule has 1 amide bonds. The first-order valence-electron chi connectivity index (χ1n) is 14.1. The summed E-state index contributed by atoms with van der Waals surface area (Å²) in [5.41, 5.74) is 2.54.